The van der Waals surface area contributed by atoms with E-state index in [1.165, 1.54) is 0 Å². The smallest absolute Gasteiger partial charge is 0.233 e. The Morgan fingerprint density at radius 3 is 2.95 bits per heavy atom. The first-order chi connectivity index (χ1) is 9.20. The van der Waals surface area contributed by atoms with Gasteiger partial charge in [0.05, 0.1) is 11.0 Å². The lowest BCUT2D eigenvalue weighted by Crippen LogP contribution is -2.33. The maximum atomic E-state index is 11.3. The number of rotatable bonds is 5. The van der Waals surface area contributed by atoms with Gasteiger partial charge in [0.15, 0.2) is 11.5 Å². The molecule has 104 valence electrons. The van der Waals surface area contributed by atoms with Gasteiger partial charge in [0.2, 0.25) is 5.91 Å². The van der Waals surface area contributed by atoms with Gasteiger partial charge in [-0.2, -0.15) is 0 Å². The number of likely N-dealkylation sites (N-methyl/N-ethyl adjacent to an activating group) is 1. The number of carbonyl (C=O) groups is 1. The lowest BCUT2D eigenvalue weighted by molar-refractivity contribution is -0.120. The quantitative estimate of drug-likeness (QED) is 0.858. The number of ether oxygens (including phenoxy) is 2. The van der Waals surface area contributed by atoms with Crippen molar-refractivity contribution < 1.29 is 14.3 Å². The lowest BCUT2D eigenvalue weighted by Gasteiger charge is -2.20. The molecule has 1 aromatic carbocycles. The van der Waals surface area contributed by atoms with Crippen LogP contribution in [0.5, 0.6) is 11.5 Å². The van der Waals surface area contributed by atoms with Gasteiger partial charge in [-0.3, -0.25) is 4.79 Å². The zero-order valence-electron chi connectivity index (χ0n) is 10.8. The topological polar surface area (TPSA) is 59.6 Å². The fourth-order valence-electron chi connectivity index (χ4n) is 1.85. The molecule has 1 aliphatic rings. The Bertz CT molecular complexity index is 465. The molecule has 0 bridgehead atoms. The summed E-state index contributed by atoms with van der Waals surface area (Å²) >= 11 is 3.47. The predicted molar refractivity (Wildman–Crippen MR) is 75.5 cm³/mol. The van der Waals surface area contributed by atoms with Gasteiger partial charge < -0.3 is 20.1 Å². The van der Waals surface area contributed by atoms with Gasteiger partial charge in [0, 0.05) is 13.1 Å². The molecule has 6 heteroatoms. The second-order valence-corrected chi connectivity index (χ2v) is 5.01. The minimum absolute atomic E-state index is 0.000825. The third-order valence-corrected chi connectivity index (χ3v) is 3.23. The molecule has 2 N–H and O–H groups in total. The van der Waals surface area contributed by atoms with Gasteiger partial charge in [0.1, 0.15) is 13.2 Å². The van der Waals surface area contributed by atoms with Crippen LogP contribution < -0.4 is 20.1 Å². The van der Waals surface area contributed by atoms with Crippen LogP contribution in [0.4, 0.5) is 0 Å². The number of carbonyl (C=O) groups excluding carboxylic acids is 1. The average Bonchev–Trinajstić information content (AvgIpc) is 2.39. The summed E-state index contributed by atoms with van der Waals surface area (Å²) in [4.78, 5) is 11.3. The van der Waals surface area contributed by atoms with Crippen LogP contribution in [-0.2, 0) is 11.3 Å². The maximum Gasteiger partial charge on any atom is 0.233 e. The molecule has 0 spiro atoms. The Balaban J connectivity index is 1.94. The van der Waals surface area contributed by atoms with Gasteiger partial charge in [-0.05, 0) is 40.5 Å². The summed E-state index contributed by atoms with van der Waals surface area (Å²) in [6, 6.07) is 3.90. The monoisotopic (exact) mass is 328 g/mol. The fourth-order valence-corrected chi connectivity index (χ4v) is 2.45. The molecule has 1 aliphatic heterocycles. The normalized spacial score (nSPS) is 13.2. The highest BCUT2D eigenvalue weighted by Gasteiger charge is 2.16. The van der Waals surface area contributed by atoms with Crippen molar-refractivity contribution in [2.45, 2.75) is 13.5 Å². The van der Waals surface area contributed by atoms with Crippen LogP contribution >= 0.6 is 15.9 Å². The first-order valence-corrected chi connectivity index (χ1v) is 7.05. The maximum absolute atomic E-state index is 11.3. The first kappa shape index (κ1) is 14.1. The summed E-state index contributed by atoms with van der Waals surface area (Å²) in [6.07, 6.45) is 0. The van der Waals surface area contributed by atoms with Crippen molar-refractivity contribution in [2.75, 3.05) is 26.3 Å². The van der Waals surface area contributed by atoms with Crippen molar-refractivity contribution in [3.63, 3.8) is 0 Å². The summed E-state index contributed by atoms with van der Waals surface area (Å²) < 4.78 is 12.0. The second kappa shape index (κ2) is 6.77. The van der Waals surface area contributed by atoms with E-state index in [-0.39, 0.29) is 5.91 Å². The molecule has 0 unspecified atom stereocenters. The summed E-state index contributed by atoms with van der Waals surface area (Å²) in [5, 5.41) is 5.83. The van der Waals surface area contributed by atoms with Gasteiger partial charge in [-0.1, -0.05) is 0 Å². The van der Waals surface area contributed by atoms with Crippen molar-refractivity contribution in [1.82, 2.24) is 10.6 Å². The van der Waals surface area contributed by atoms with Crippen LogP contribution in [-0.4, -0.2) is 32.2 Å². The summed E-state index contributed by atoms with van der Waals surface area (Å²) in [5.41, 5.74) is 1.04. The van der Waals surface area contributed by atoms with Crippen molar-refractivity contribution in [2.24, 2.45) is 0 Å². The molecule has 0 fully saturated rings. The highest BCUT2D eigenvalue weighted by Crippen LogP contribution is 2.38. The number of benzene rings is 1. The molecule has 19 heavy (non-hydrogen) atoms. The van der Waals surface area contributed by atoms with Crippen LogP contribution in [0.15, 0.2) is 16.6 Å². The molecular weight excluding hydrogens is 312 g/mol. The Morgan fingerprint density at radius 1 is 1.37 bits per heavy atom. The Hall–Kier alpha value is -1.27. The molecule has 0 radical (unpaired) electrons. The van der Waals surface area contributed by atoms with Crippen LogP contribution in [0.2, 0.25) is 0 Å². The lowest BCUT2D eigenvalue weighted by atomic mass is 10.2. The van der Waals surface area contributed by atoms with Crippen molar-refractivity contribution in [3.8, 4) is 11.5 Å². The van der Waals surface area contributed by atoms with E-state index < -0.39 is 0 Å². The zero-order chi connectivity index (χ0) is 13.7. The minimum atomic E-state index is -0.000825. The summed E-state index contributed by atoms with van der Waals surface area (Å²) in [5.74, 6) is 1.49. The van der Waals surface area contributed by atoms with Gasteiger partial charge in [-0.15, -0.1) is 0 Å². The van der Waals surface area contributed by atoms with E-state index in [0.717, 1.165) is 21.5 Å². The highest BCUT2D eigenvalue weighted by atomic mass is 79.9. The van der Waals surface area contributed by atoms with Gasteiger partial charge in [0.25, 0.3) is 0 Å². The molecule has 2 rings (SSSR count). The standard InChI is InChI=1S/C13H17BrN2O3/c1-2-16-12(17)8-15-7-9-5-10(14)13-11(6-9)18-3-4-19-13/h5-6,15H,2-4,7-8H2,1H3,(H,16,17). The summed E-state index contributed by atoms with van der Waals surface area (Å²) in [6.45, 7) is 4.59. The largest absolute Gasteiger partial charge is 0.486 e. The number of fused-ring (bicyclic) bond motifs is 1. The molecule has 0 saturated carbocycles. The number of nitrogens with one attached hydrogen (secondary N) is 2. The van der Waals surface area contributed by atoms with E-state index in [9.17, 15) is 4.79 Å². The summed E-state index contributed by atoms with van der Waals surface area (Å²) in [7, 11) is 0. The minimum Gasteiger partial charge on any atom is -0.486 e. The van der Waals surface area contributed by atoms with E-state index >= 15 is 0 Å². The third-order valence-electron chi connectivity index (χ3n) is 2.65. The Kier molecular flexibility index (Phi) is 5.04. The van der Waals surface area contributed by atoms with E-state index in [0.29, 0.717) is 32.8 Å². The first-order valence-electron chi connectivity index (χ1n) is 6.26. The van der Waals surface area contributed by atoms with E-state index in [1.807, 2.05) is 19.1 Å². The molecule has 1 amide bonds. The molecule has 5 nitrogen and oxygen atoms in total. The number of amides is 1. The fraction of sp³-hybridized carbons (Fsp3) is 0.462. The van der Waals surface area contributed by atoms with E-state index in [1.54, 1.807) is 0 Å². The second-order valence-electron chi connectivity index (χ2n) is 4.16. The Morgan fingerprint density at radius 2 is 2.16 bits per heavy atom. The molecule has 0 atom stereocenters. The van der Waals surface area contributed by atoms with Crippen molar-refractivity contribution in [3.05, 3.63) is 22.2 Å². The van der Waals surface area contributed by atoms with Crippen molar-refractivity contribution in [1.29, 1.82) is 0 Å². The number of hydrogen-bond donors (Lipinski definition) is 2. The van der Waals surface area contributed by atoms with E-state index in [2.05, 4.69) is 26.6 Å². The molecular formula is C13H17BrN2O3. The molecule has 0 aliphatic carbocycles. The van der Waals surface area contributed by atoms with Crippen molar-refractivity contribution >= 4 is 21.8 Å². The SMILES string of the molecule is CCNC(=O)CNCc1cc(Br)c2c(c1)OCCO2. The highest BCUT2D eigenvalue weighted by molar-refractivity contribution is 9.10. The number of hydrogen-bond acceptors (Lipinski definition) is 4. The molecule has 0 aromatic heterocycles. The molecule has 1 heterocycles. The predicted octanol–water partition coefficient (Wildman–Crippen LogP) is 1.45. The average molecular weight is 329 g/mol. The third kappa shape index (κ3) is 3.84. The number of halogens is 1. The van der Waals surface area contributed by atoms with E-state index in [4.69, 9.17) is 9.47 Å². The zero-order valence-corrected chi connectivity index (χ0v) is 12.4. The van der Waals surface area contributed by atoms with Gasteiger partial charge in [-0.25, -0.2) is 0 Å². The van der Waals surface area contributed by atoms with Crippen LogP contribution in [0.1, 0.15) is 12.5 Å². The molecule has 1 aromatic rings. The van der Waals surface area contributed by atoms with Gasteiger partial charge >= 0.3 is 0 Å². The Labute approximate surface area is 120 Å². The van der Waals surface area contributed by atoms with Crippen LogP contribution in [0, 0.1) is 0 Å². The van der Waals surface area contributed by atoms with Crippen LogP contribution in [0.25, 0.3) is 0 Å². The molecule has 0 saturated heterocycles. The van der Waals surface area contributed by atoms with Crippen LogP contribution in [0.3, 0.4) is 0 Å².